The first-order valence-corrected chi connectivity index (χ1v) is 3.87. The number of nitrogens with zero attached hydrogens (tertiary/aromatic N) is 1. The van der Waals surface area contributed by atoms with Crippen molar-refractivity contribution in [1.82, 2.24) is 4.90 Å². The number of halogens is 2. The number of fused-ring (bicyclic) bond motifs is 1. The molecule has 1 aliphatic heterocycles. The van der Waals surface area contributed by atoms with Gasteiger partial charge in [-0.25, -0.2) is 0 Å². The second kappa shape index (κ2) is 2.80. The van der Waals surface area contributed by atoms with Crippen LogP contribution in [0.1, 0.15) is 15.9 Å². The molecule has 2 rings (SSSR count). The molecular weight excluding hydrogens is 176 g/mol. The van der Waals surface area contributed by atoms with Crippen LogP contribution in [0.4, 0.5) is 8.78 Å². The van der Waals surface area contributed by atoms with Crippen LogP contribution in [0, 0.1) is 0 Å². The Balaban J connectivity index is 2.38. The van der Waals surface area contributed by atoms with E-state index in [9.17, 15) is 13.6 Å². The second-order valence-electron chi connectivity index (χ2n) is 2.87. The Labute approximate surface area is 73.8 Å². The van der Waals surface area contributed by atoms with Gasteiger partial charge in [-0.05, 0) is 11.6 Å². The summed E-state index contributed by atoms with van der Waals surface area (Å²) in [6.45, 7) is -2.69. The molecule has 0 saturated carbocycles. The average molecular weight is 183 g/mol. The maximum Gasteiger partial charge on any atom is 0.317 e. The van der Waals surface area contributed by atoms with Gasteiger partial charge in [-0.3, -0.25) is 9.69 Å². The minimum atomic E-state index is -2.71. The normalized spacial score (nSPS) is 15.3. The minimum Gasteiger partial charge on any atom is -0.278 e. The summed E-state index contributed by atoms with van der Waals surface area (Å²) in [7, 11) is 0. The van der Waals surface area contributed by atoms with E-state index in [-0.39, 0.29) is 6.54 Å². The van der Waals surface area contributed by atoms with Gasteiger partial charge in [0.2, 0.25) is 0 Å². The highest BCUT2D eigenvalue weighted by Gasteiger charge is 2.31. The van der Waals surface area contributed by atoms with E-state index in [0.29, 0.717) is 16.0 Å². The van der Waals surface area contributed by atoms with Gasteiger partial charge in [0.15, 0.2) is 0 Å². The zero-order valence-corrected chi connectivity index (χ0v) is 6.71. The number of carbonyl (C=O) groups excluding carboxylic acids is 1. The molecule has 1 heterocycles. The molecule has 0 unspecified atom stereocenters. The molecular formula is C9H7F2NO. The third-order valence-corrected chi connectivity index (χ3v) is 2.08. The maximum atomic E-state index is 12.3. The van der Waals surface area contributed by atoms with Crippen LogP contribution < -0.4 is 0 Å². The lowest BCUT2D eigenvalue weighted by atomic mass is 10.1. The Hall–Kier alpha value is -1.45. The standard InChI is InChI=1S/C9H7F2NO/c10-9(11)12-5-6-3-1-2-4-7(6)8(12)13/h1-4,9H,5H2. The summed E-state index contributed by atoms with van der Waals surface area (Å²) in [4.78, 5) is 11.8. The fourth-order valence-electron chi connectivity index (χ4n) is 1.43. The van der Waals surface area contributed by atoms with Crippen LogP contribution in [0.3, 0.4) is 0 Å². The van der Waals surface area contributed by atoms with Gasteiger partial charge in [-0.1, -0.05) is 18.2 Å². The lowest BCUT2D eigenvalue weighted by Crippen LogP contribution is -2.28. The van der Waals surface area contributed by atoms with Crippen LogP contribution in [-0.2, 0) is 6.54 Å². The molecule has 68 valence electrons. The molecule has 0 bridgehead atoms. The van der Waals surface area contributed by atoms with Crippen molar-refractivity contribution in [2.24, 2.45) is 0 Å². The monoisotopic (exact) mass is 183 g/mol. The van der Waals surface area contributed by atoms with E-state index in [1.54, 1.807) is 24.3 Å². The molecule has 0 atom stereocenters. The summed E-state index contributed by atoms with van der Waals surface area (Å²) >= 11 is 0. The maximum absolute atomic E-state index is 12.3. The fraction of sp³-hybridized carbons (Fsp3) is 0.222. The van der Waals surface area contributed by atoms with Crippen molar-refractivity contribution in [2.45, 2.75) is 13.1 Å². The number of hydrogen-bond donors (Lipinski definition) is 0. The van der Waals surface area contributed by atoms with Crippen LogP contribution in [0.2, 0.25) is 0 Å². The van der Waals surface area contributed by atoms with E-state index in [0.717, 1.165) is 0 Å². The van der Waals surface area contributed by atoms with E-state index >= 15 is 0 Å². The number of rotatable bonds is 1. The molecule has 0 spiro atoms. The zero-order chi connectivity index (χ0) is 9.42. The number of carbonyl (C=O) groups is 1. The van der Waals surface area contributed by atoms with Crippen LogP contribution >= 0.6 is 0 Å². The first kappa shape index (κ1) is 8.16. The minimum absolute atomic E-state index is 0.0205. The number of benzene rings is 1. The van der Waals surface area contributed by atoms with Gasteiger partial charge in [0.05, 0.1) is 6.54 Å². The van der Waals surface area contributed by atoms with E-state index in [2.05, 4.69) is 0 Å². The van der Waals surface area contributed by atoms with Crippen LogP contribution in [0.15, 0.2) is 24.3 Å². The van der Waals surface area contributed by atoms with Crippen molar-refractivity contribution in [3.63, 3.8) is 0 Å². The van der Waals surface area contributed by atoms with Crippen molar-refractivity contribution >= 4 is 5.91 Å². The first-order chi connectivity index (χ1) is 6.20. The molecule has 13 heavy (non-hydrogen) atoms. The first-order valence-electron chi connectivity index (χ1n) is 3.87. The molecule has 1 aromatic carbocycles. The van der Waals surface area contributed by atoms with Crippen molar-refractivity contribution in [3.8, 4) is 0 Å². The third kappa shape index (κ3) is 1.18. The largest absolute Gasteiger partial charge is 0.317 e. The van der Waals surface area contributed by atoms with Crippen molar-refractivity contribution in [3.05, 3.63) is 35.4 Å². The second-order valence-corrected chi connectivity index (χ2v) is 2.87. The smallest absolute Gasteiger partial charge is 0.278 e. The molecule has 0 N–H and O–H groups in total. The molecule has 0 radical (unpaired) electrons. The van der Waals surface area contributed by atoms with Gasteiger partial charge in [0.25, 0.3) is 5.91 Å². The van der Waals surface area contributed by atoms with E-state index in [1.165, 1.54) is 0 Å². The molecule has 0 aromatic heterocycles. The highest BCUT2D eigenvalue weighted by molar-refractivity contribution is 5.98. The average Bonchev–Trinajstić information content (AvgIpc) is 2.45. The molecule has 4 heteroatoms. The van der Waals surface area contributed by atoms with Gasteiger partial charge < -0.3 is 0 Å². The highest BCUT2D eigenvalue weighted by Crippen LogP contribution is 2.24. The quantitative estimate of drug-likeness (QED) is 0.608. The van der Waals surface area contributed by atoms with E-state index < -0.39 is 12.5 Å². The van der Waals surface area contributed by atoms with Gasteiger partial charge >= 0.3 is 6.55 Å². The molecule has 0 fully saturated rings. The molecule has 2 nitrogen and oxygen atoms in total. The summed E-state index contributed by atoms with van der Waals surface area (Å²) < 4.78 is 24.5. The Morgan fingerprint density at radius 3 is 2.62 bits per heavy atom. The zero-order valence-electron chi connectivity index (χ0n) is 6.71. The van der Waals surface area contributed by atoms with Crippen molar-refractivity contribution < 1.29 is 13.6 Å². The number of amides is 1. The van der Waals surface area contributed by atoms with Gasteiger partial charge in [0.1, 0.15) is 0 Å². The Bertz CT molecular complexity index is 351. The number of hydrogen-bond acceptors (Lipinski definition) is 1. The summed E-state index contributed by atoms with van der Waals surface area (Å²) in [6.07, 6.45) is 0. The Morgan fingerprint density at radius 2 is 2.00 bits per heavy atom. The molecule has 1 aromatic rings. The predicted octanol–water partition coefficient (Wildman–Crippen LogP) is 1.86. The SMILES string of the molecule is O=C1c2ccccc2CN1C(F)F. The predicted molar refractivity (Wildman–Crippen MR) is 42.3 cm³/mol. The van der Waals surface area contributed by atoms with Crippen LogP contribution in [-0.4, -0.2) is 17.4 Å². The summed E-state index contributed by atoms with van der Waals surface area (Å²) in [5, 5.41) is 0. The summed E-state index contributed by atoms with van der Waals surface area (Å²) in [5.74, 6) is -0.578. The van der Waals surface area contributed by atoms with Crippen molar-refractivity contribution in [2.75, 3.05) is 0 Å². The molecule has 0 aliphatic carbocycles. The van der Waals surface area contributed by atoms with E-state index in [1.807, 2.05) is 0 Å². The Kier molecular flexibility index (Phi) is 1.76. The molecule has 1 amide bonds. The highest BCUT2D eigenvalue weighted by atomic mass is 19.3. The summed E-state index contributed by atoms with van der Waals surface area (Å²) in [6, 6.07) is 6.67. The van der Waals surface area contributed by atoms with Gasteiger partial charge in [0, 0.05) is 5.56 Å². The lowest BCUT2D eigenvalue weighted by Gasteiger charge is -2.12. The van der Waals surface area contributed by atoms with Crippen LogP contribution in [0.5, 0.6) is 0 Å². The fourth-order valence-corrected chi connectivity index (χ4v) is 1.43. The van der Waals surface area contributed by atoms with Crippen LogP contribution in [0.25, 0.3) is 0 Å². The van der Waals surface area contributed by atoms with E-state index in [4.69, 9.17) is 0 Å². The Morgan fingerprint density at radius 1 is 1.31 bits per heavy atom. The van der Waals surface area contributed by atoms with Crippen molar-refractivity contribution in [1.29, 1.82) is 0 Å². The third-order valence-electron chi connectivity index (χ3n) is 2.08. The summed E-state index contributed by atoms with van der Waals surface area (Å²) in [5.41, 5.74) is 1.07. The lowest BCUT2D eigenvalue weighted by molar-refractivity contribution is -0.0135. The van der Waals surface area contributed by atoms with Gasteiger partial charge in [-0.15, -0.1) is 0 Å². The topological polar surface area (TPSA) is 20.3 Å². The molecule has 1 aliphatic rings. The molecule has 0 saturated heterocycles. The van der Waals surface area contributed by atoms with Gasteiger partial charge in [-0.2, -0.15) is 8.78 Å². The number of alkyl halides is 2.